The lowest BCUT2D eigenvalue weighted by atomic mass is 9.78. The van der Waals surface area contributed by atoms with Gasteiger partial charge in [0.05, 0.1) is 18.1 Å². The number of carboxylic acids is 1. The van der Waals surface area contributed by atoms with Crippen molar-refractivity contribution < 1.29 is 29.5 Å². The zero-order valence-corrected chi connectivity index (χ0v) is 15.5. The smallest absolute Gasteiger partial charge is 0.352 e. The predicted octanol–water partition coefficient (Wildman–Crippen LogP) is 0.255. The van der Waals surface area contributed by atoms with Crippen molar-refractivity contribution in [2.75, 3.05) is 12.4 Å². The molecule has 1 aromatic heterocycles. The largest absolute Gasteiger partial charge is 0.477 e. The molecule has 1 saturated heterocycles. The van der Waals surface area contributed by atoms with Gasteiger partial charge >= 0.3 is 5.97 Å². The van der Waals surface area contributed by atoms with Crippen LogP contribution in [0.5, 0.6) is 0 Å². The highest BCUT2D eigenvalue weighted by Crippen LogP contribution is 2.48. The maximum atomic E-state index is 12.3. The highest BCUT2D eigenvalue weighted by molar-refractivity contribution is 7.99. The van der Waals surface area contributed by atoms with E-state index in [4.69, 9.17) is 5.11 Å². The van der Waals surface area contributed by atoms with Crippen molar-refractivity contribution in [3.8, 4) is 0 Å². The Labute approximate surface area is 155 Å². The van der Waals surface area contributed by atoms with Gasteiger partial charge in [0.15, 0.2) is 18.9 Å². The van der Waals surface area contributed by atoms with Crippen LogP contribution in [-0.4, -0.2) is 56.6 Å². The molecule has 140 valence electrons. The van der Waals surface area contributed by atoms with Gasteiger partial charge in [-0.1, -0.05) is 6.92 Å². The summed E-state index contributed by atoms with van der Waals surface area (Å²) in [7, 11) is 0. The van der Waals surface area contributed by atoms with Gasteiger partial charge in [0.1, 0.15) is 12.3 Å². The topological polar surface area (TPSA) is 102 Å². The molecule has 0 spiro atoms. The molecule has 3 rings (SSSR count). The zero-order valence-electron chi connectivity index (χ0n) is 14.7. The minimum absolute atomic E-state index is 0.0687. The summed E-state index contributed by atoms with van der Waals surface area (Å²) in [5, 5.41) is 28.4. The second-order valence-electron chi connectivity index (χ2n) is 6.72. The van der Waals surface area contributed by atoms with Gasteiger partial charge in [-0.25, -0.2) is 9.36 Å². The van der Waals surface area contributed by atoms with Crippen molar-refractivity contribution in [2.24, 2.45) is 11.8 Å². The molecule has 0 saturated carbocycles. The number of carbonyl (C=O) groups excluding carboxylic acids is 1. The zero-order chi connectivity index (χ0) is 19.0. The van der Waals surface area contributed by atoms with E-state index < -0.39 is 18.0 Å². The van der Waals surface area contributed by atoms with Crippen molar-refractivity contribution in [3.63, 3.8) is 0 Å². The summed E-state index contributed by atoms with van der Waals surface area (Å²) in [5.41, 5.74) is 0.805. The SMILES string of the molecule is C[C@@H](O)[C@H]1C(=O)N2C(C(=O)O)=C(CSc3cc[n+](CCO)cc3)[C@H](C)[C@H]12. The number of hydrogen-bond acceptors (Lipinski definition) is 5. The molecule has 8 heteroatoms. The number of hydrogen-bond donors (Lipinski definition) is 3. The third-order valence-electron chi connectivity index (χ3n) is 5.13. The lowest BCUT2D eigenvalue weighted by Crippen LogP contribution is -2.63. The number of aliphatic hydroxyl groups is 2. The number of fused-ring (bicyclic) bond motifs is 1. The van der Waals surface area contributed by atoms with Gasteiger partial charge < -0.3 is 20.2 Å². The van der Waals surface area contributed by atoms with Crippen LogP contribution in [0.3, 0.4) is 0 Å². The first kappa shape index (κ1) is 18.9. The molecule has 3 N–H and O–H groups in total. The summed E-state index contributed by atoms with van der Waals surface area (Å²) < 4.78 is 1.86. The number of thioether (sulfide) groups is 1. The highest BCUT2D eigenvalue weighted by Gasteiger charge is 2.59. The van der Waals surface area contributed by atoms with Crippen molar-refractivity contribution in [1.29, 1.82) is 0 Å². The molecule has 0 unspecified atom stereocenters. The number of aliphatic carboxylic acids is 1. The molecule has 0 aliphatic carbocycles. The molecular weight excluding hydrogens is 356 g/mol. The molecule has 2 aliphatic heterocycles. The van der Waals surface area contributed by atoms with E-state index in [1.807, 2.05) is 36.0 Å². The molecule has 26 heavy (non-hydrogen) atoms. The van der Waals surface area contributed by atoms with Crippen LogP contribution in [-0.2, 0) is 16.1 Å². The highest BCUT2D eigenvalue weighted by atomic mass is 32.2. The number of amides is 1. The Morgan fingerprint density at radius 1 is 1.38 bits per heavy atom. The summed E-state index contributed by atoms with van der Waals surface area (Å²) >= 11 is 1.51. The van der Waals surface area contributed by atoms with Crippen LogP contribution < -0.4 is 4.57 Å². The average molecular weight is 379 g/mol. The Kier molecular flexibility index (Phi) is 5.36. The van der Waals surface area contributed by atoms with E-state index in [1.54, 1.807) is 6.92 Å². The second kappa shape index (κ2) is 7.38. The molecule has 0 radical (unpaired) electrons. The van der Waals surface area contributed by atoms with Gasteiger partial charge in [-0.15, -0.1) is 11.8 Å². The van der Waals surface area contributed by atoms with Crippen LogP contribution in [0.1, 0.15) is 13.8 Å². The Bertz CT molecular complexity index is 746. The van der Waals surface area contributed by atoms with Crippen LogP contribution in [0.2, 0.25) is 0 Å². The Morgan fingerprint density at radius 2 is 2.04 bits per heavy atom. The minimum Gasteiger partial charge on any atom is -0.477 e. The van der Waals surface area contributed by atoms with E-state index in [-0.39, 0.29) is 30.2 Å². The summed E-state index contributed by atoms with van der Waals surface area (Å²) in [6.07, 6.45) is 2.94. The van der Waals surface area contributed by atoms with E-state index in [1.165, 1.54) is 16.7 Å². The van der Waals surface area contributed by atoms with Gasteiger partial charge in [0, 0.05) is 28.7 Å². The molecule has 3 heterocycles. The second-order valence-corrected chi connectivity index (χ2v) is 7.77. The van der Waals surface area contributed by atoms with Crippen LogP contribution in [0.25, 0.3) is 0 Å². The molecule has 1 fully saturated rings. The summed E-state index contributed by atoms with van der Waals surface area (Å²) in [6.45, 7) is 4.09. The summed E-state index contributed by atoms with van der Waals surface area (Å²) in [5.74, 6) is -1.57. The third-order valence-corrected chi connectivity index (χ3v) is 6.19. The van der Waals surface area contributed by atoms with Gasteiger partial charge in [0.2, 0.25) is 5.91 Å². The first-order valence-electron chi connectivity index (χ1n) is 8.57. The number of β-lactam (4-membered cyclic amide) rings is 1. The molecule has 1 amide bonds. The number of aromatic nitrogens is 1. The molecule has 7 nitrogen and oxygen atoms in total. The average Bonchev–Trinajstić information content (AvgIpc) is 2.83. The first-order valence-corrected chi connectivity index (χ1v) is 9.55. The molecular formula is C18H23N2O5S+. The van der Waals surface area contributed by atoms with Gasteiger partial charge in [-0.05, 0) is 12.5 Å². The number of nitrogens with zero attached hydrogens (tertiary/aromatic N) is 2. The van der Waals surface area contributed by atoms with E-state index in [0.29, 0.717) is 12.3 Å². The Morgan fingerprint density at radius 3 is 2.58 bits per heavy atom. The fraction of sp³-hybridized carbons (Fsp3) is 0.500. The monoisotopic (exact) mass is 379 g/mol. The molecule has 0 aromatic carbocycles. The Hall–Kier alpha value is -1.90. The fourth-order valence-corrected chi connectivity index (χ4v) is 4.84. The van der Waals surface area contributed by atoms with Crippen molar-refractivity contribution in [1.82, 2.24) is 4.90 Å². The van der Waals surface area contributed by atoms with E-state index in [9.17, 15) is 19.8 Å². The van der Waals surface area contributed by atoms with Gasteiger partial charge in [0.25, 0.3) is 0 Å². The predicted molar refractivity (Wildman–Crippen MR) is 94.1 cm³/mol. The molecule has 4 atom stereocenters. The number of aliphatic hydroxyl groups excluding tert-OH is 2. The van der Waals surface area contributed by atoms with Crippen LogP contribution in [0, 0.1) is 11.8 Å². The number of carboxylic acid groups (broad SMARTS) is 1. The van der Waals surface area contributed by atoms with Crippen LogP contribution in [0.15, 0.2) is 40.7 Å². The Balaban J connectivity index is 1.77. The fourth-order valence-electron chi connectivity index (χ4n) is 3.80. The van der Waals surface area contributed by atoms with E-state index >= 15 is 0 Å². The van der Waals surface area contributed by atoms with E-state index in [2.05, 4.69) is 0 Å². The van der Waals surface area contributed by atoms with E-state index in [0.717, 1.165) is 10.5 Å². The summed E-state index contributed by atoms with van der Waals surface area (Å²) in [6, 6.07) is 3.56. The standard InChI is InChI=1S/C18H22N2O5S/c1-10-13(9-26-12-3-5-19(6-4-12)7-8-21)16(18(24)25)20-15(10)14(11(2)22)17(20)23/h3-6,10-11,14-15,21-22H,7-9H2,1-2H3/p+1/t10-,11+,14+,15+/m0/s1. The number of carbonyl (C=O) groups is 2. The van der Waals surface area contributed by atoms with Crippen molar-refractivity contribution in [2.45, 2.75) is 37.4 Å². The third kappa shape index (κ3) is 3.13. The molecule has 1 aromatic rings. The lowest BCUT2D eigenvalue weighted by Gasteiger charge is -2.46. The quantitative estimate of drug-likeness (QED) is 0.357. The molecule has 2 aliphatic rings. The minimum atomic E-state index is -1.10. The van der Waals surface area contributed by atoms with Crippen LogP contribution in [0.4, 0.5) is 0 Å². The van der Waals surface area contributed by atoms with Crippen molar-refractivity contribution >= 4 is 23.6 Å². The lowest BCUT2D eigenvalue weighted by molar-refractivity contribution is -0.698. The molecule has 0 bridgehead atoms. The first-order chi connectivity index (χ1) is 12.4. The maximum absolute atomic E-state index is 12.3. The normalized spacial score (nSPS) is 25.9. The van der Waals surface area contributed by atoms with Gasteiger partial charge in [-0.2, -0.15) is 0 Å². The number of rotatable bonds is 7. The summed E-state index contributed by atoms with van der Waals surface area (Å²) in [4.78, 5) is 26.4. The van der Waals surface area contributed by atoms with Crippen molar-refractivity contribution in [3.05, 3.63) is 35.8 Å². The van der Waals surface area contributed by atoms with Gasteiger partial charge in [-0.3, -0.25) is 4.79 Å². The maximum Gasteiger partial charge on any atom is 0.352 e. The van der Waals surface area contributed by atoms with Crippen LogP contribution >= 0.6 is 11.8 Å². The number of pyridine rings is 1.